The molecule has 2 aromatic heterocycles. The lowest BCUT2D eigenvalue weighted by atomic mass is 9.87. The first-order valence-electron chi connectivity index (χ1n) is 28.6. The summed E-state index contributed by atoms with van der Waals surface area (Å²) in [5.41, 5.74) is 4.31. The Hall–Kier alpha value is -6.90. The highest BCUT2D eigenvalue weighted by Crippen LogP contribution is 2.39. The van der Waals surface area contributed by atoms with Crippen LogP contribution in [0.1, 0.15) is 189 Å². The van der Waals surface area contributed by atoms with Crippen molar-refractivity contribution in [3.63, 3.8) is 0 Å². The molecule has 0 radical (unpaired) electrons. The number of amides is 6. The number of hydrogen-bond donors (Lipinski definition) is 4. The van der Waals surface area contributed by atoms with E-state index in [1.165, 1.54) is 11.1 Å². The van der Waals surface area contributed by atoms with Crippen LogP contribution in [0.25, 0.3) is 0 Å². The van der Waals surface area contributed by atoms with Crippen LogP contribution >= 0.6 is 0 Å². The van der Waals surface area contributed by atoms with Crippen molar-refractivity contribution >= 4 is 35.8 Å². The zero-order chi connectivity index (χ0) is 55.6. The lowest BCUT2D eigenvalue weighted by molar-refractivity contribution is -0.143. The number of rotatable bonds is 12. The van der Waals surface area contributed by atoms with Gasteiger partial charge in [0.25, 0.3) is 0 Å². The minimum Gasteiger partial charge on any atom is -0.444 e. The van der Waals surface area contributed by atoms with Gasteiger partial charge in [-0.3, -0.25) is 19.2 Å². The van der Waals surface area contributed by atoms with E-state index >= 15 is 0 Å². The fourth-order valence-corrected chi connectivity index (χ4v) is 13.0. The van der Waals surface area contributed by atoms with E-state index in [1.807, 2.05) is 36.7 Å². The van der Waals surface area contributed by atoms with Crippen LogP contribution in [0.2, 0.25) is 0 Å². The topological polar surface area (TPSA) is 246 Å². The van der Waals surface area contributed by atoms with Gasteiger partial charge in [0.2, 0.25) is 23.6 Å². The average Bonchev–Trinajstić information content (AvgIpc) is 4.45. The lowest BCUT2D eigenvalue weighted by Gasteiger charge is -2.38. The second-order valence-corrected chi connectivity index (χ2v) is 24.5. The van der Waals surface area contributed by atoms with Crippen LogP contribution in [0, 0.1) is 0 Å². The largest absolute Gasteiger partial charge is 0.444 e. The highest BCUT2D eigenvalue weighted by atomic mass is 16.6. The number of ether oxygens (including phenoxy) is 3. The van der Waals surface area contributed by atoms with Crippen LogP contribution in [0.4, 0.5) is 9.59 Å². The summed E-state index contributed by atoms with van der Waals surface area (Å²) in [7, 11) is 0. The van der Waals surface area contributed by atoms with E-state index in [0.29, 0.717) is 75.6 Å². The Bertz CT molecular complexity index is 2680. The summed E-state index contributed by atoms with van der Waals surface area (Å²) in [5.74, 6) is -0.963. The molecule has 4 N–H and O–H groups in total. The van der Waals surface area contributed by atoms with Gasteiger partial charge in [-0.2, -0.15) is 0 Å². The zero-order valence-electron chi connectivity index (χ0n) is 46.5. The van der Waals surface area contributed by atoms with Gasteiger partial charge in [0.1, 0.15) is 46.8 Å². The second-order valence-electron chi connectivity index (χ2n) is 24.5. The smallest absolute Gasteiger partial charge is 0.408 e. The molecule has 0 saturated carbocycles. The third kappa shape index (κ3) is 13.1. The molecule has 0 spiro atoms. The maximum Gasteiger partial charge on any atom is 0.408 e. The van der Waals surface area contributed by atoms with Crippen molar-refractivity contribution in [2.45, 2.75) is 229 Å². The summed E-state index contributed by atoms with van der Waals surface area (Å²) in [6, 6.07) is 11.9. The molecule has 2 aliphatic carbocycles. The Balaban J connectivity index is 0.792. The third-order valence-electron chi connectivity index (χ3n) is 16.5. The molecular weight excluding hydrogens is 1010 g/mol. The van der Waals surface area contributed by atoms with Gasteiger partial charge < -0.3 is 45.3 Å². The highest BCUT2D eigenvalue weighted by Gasteiger charge is 2.48. The Morgan fingerprint density at radius 3 is 1.34 bits per heavy atom. The summed E-state index contributed by atoms with van der Waals surface area (Å²) in [4.78, 5) is 87.3. The molecule has 6 heterocycles. The molecule has 6 amide bonds. The van der Waals surface area contributed by atoms with Crippen LogP contribution < -0.4 is 21.3 Å². The molecule has 0 bridgehead atoms. The van der Waals surface area contributed by atoms with E-state index < -0.39 is 47.6 Å². The first-order chi connectivity index (χ1) is 37.8. The van der Waals surface area contributed by atoms with Crippen LogP contribution in [-0.2, 0) is 59.4 Å². The second kappa shape index (κ2) is 23.4. The number of nitrogens with one attached hydrogen (secondary N) is 4. The van der Waals surface area contributed by atoms with Gasteiger partial charge in [-0.15, -0.1) is 10.2 Å². The van der Waals surface area contributed by atoms with E-state index in [-0.39, 0.29) is 73.1 Å². The minimum atomic E-state index is -0.922. The zero-order valence-corrected chi connectivity index (χ0v) is 46.5. The lowest BCUT2D eigenvalue weighted by Crippen LogP contribution is -2.57. The Morgan fingerprint density at radius 1 is 0.519 bits per heavy atom. The molecule has 4 aliphatic heterocycles. The quantitative estimate of drug-likeness (QED) is 0.113. The molecule has 424 valence electrons. The molecule has 2 aromatic carbocycles. The van der Waals surface area contributed by atoms with Crippen molar-refractivity contribution in [1.82, 2.24) is 61.1 Å². The molecule has 4 fully saturated rings. The fraction of sp³-hybridized carbons (Fsp3) is 0.621. The molecule has 10 rings (SSSR count). The normalized spacial score (nSPS) is 27.2. The molecule has 6 aliphatic rings. The maximum atomic E-state index is 14.5. The van der Waals surface area contributed by atoms with Crippen molar-refractivity contribution in [3.05, 3.63) is 94.6 Å². The standard InChI is InChI=1S/C58H78N12O9/c1-57(2,3)78-55(75)61-47-25-21-39(29-41-23-27-49(69(41)53(47)73)51(71)59-45-19-11-15-35-13-7-9-17-43(35)45)67-31-37(63-65-67)33-77-34-38-32-68(66-64-38)40-22-26-48(62-56(76)79-58(4,5)6)54(74)70-42(30-40)24-28-50(70)52(72)60-46-20-12-16-36-14-8-10-18-44(36)46/h7-10,13-14,17-18,31-32,39-42,45-50H,11-12,15-16,19-30,33-34H2,1-6H3,(H,59,71)(H,60,72)(H,61,75)(H,62,76)/t39-,40?,41+,42+,45+,46+,47-,48-,49-,50-/m0/s1. The number of carbonyl (C=O) groups is 6. The Morgan fingerprint density at radius 2 is 0.924 bits per heavy atom. The first-order valence-corrected chi connectivity index (χ1v) is 28.6. The number of alkyl carbamates (subject to hydrolysis) is 2. The van der Waals surface area contributed by atoms with Gasteiger partial charge in [-0.25, -0.2) is 19.0 Å². The van der Waals surface area contributed by atoms with Crippen LogP contribution in [0.15, 0.2) is 60.9 Å². The molecule has 1 unspecified atom stereocenters. The summed E-state index contributed by atoms with van der Waals surface area (Å²) in [6.45, 7) is 10.9. The van der Waals surface area contributed by atoms with Crippen molar-refractivity contribution in [1.29, 1.82) is 0 Å². The summed E-state index contributed by atoms with van der Waals surface area (Å²) < 4.78 is 21.0. The van der Waals surface area contributed by atoms with Crippen molar-refractivity contribution in [2.24, 2.45) is 0 Å². The third-order valence-corrected chi connectivity index (χ3v) is 16.5. The van der Waals surface area contributed by atoms with Gasteiger partial charge in [-0.05, 0) is 167 Å². The van der Waals surface area contributed by atoms with Gasteiger partial charge in [0.15, 0.2) is 0 Å². The number of aryl methyl sites for hydroxylation is 2. The van der Waals surface area contributed by atoms with E-state index in [1.54, 1.807) is 60.7 Å². The number of benzene rings is 2. The summed E-state index contributed by atoms with van der Waals surface area (Å²) >= 11 is 0. The van der Waals surface area contributed by atoms with Crippen LogP contribution in [0.5, 0.6) is 0 Å². The van der Waals surface area contributed by atoms with E-state index in [4.69, 9.17) is 14.2 Å². The highest BCUT2D eigenvalue weighted by molar-refractivity contribution is 5.93. The van der Waals surface area contributed by atoms with E-state index in [9.17, 15) is 28.8 Å². The molecule has 21 nitrogen and oxygen atoms in total. The number of carbonyl (C=O) groups excluding carboxylic acids is 6. The van der Waals surface area contributed by atoms with Crippen LogP contribution in [-0.4, -0.2) is 123 Å². The predicted molar refractivity (Wildman–Crippen MR) is 288 cm³/mol. The summed E-state index contributed by atoms with van der Waals surface area (Å²) in [6.07, 6.45) is 12.7. The van der Waals surface area contributed by atoms with Gasteiger partial charge in [-0.1, -0.05) is 59.0 Å². The minimum absolute atomic E-state index is 0.124. The van der Waals surface area contributed by atoms with Gasteiger partial charge in [0, 0.05) is 12.1 Å². The van der Waals surface area contributed by atoms with Crippen LogP contribution in [0.3, 0.4) is 0 Å². The van der Waals surface area contributed by atoms with Crippen molar-refractivity contribution < 1.29 is 43.0 Å². The summed E-state index contributed by atoms with van der Waals surface area (Å²) in [5, 5.41) is 30.3. The SMILES string of the molecule is CC(C)(C)OC(=O)N[C@H]1CCC(n2cc(COCc3cn([C@H]4CC[C@H](NC(=O)OC(C)(C)C)C(=O)N5[C@H](CC[C@H]5C(=O)N[C@@H]5CCCc6ccccc65)C4)nn3)nn2)C[C@H]2CC[C@@H](C(=O)N[C@@H]3CCCc4ccccc43)N2C1=O. The molecule has 10 atom stereocenters. The average molecular weight is 1090 g/mol. The first kappa shape index (κ1) is 55.4. The Labute approximate surface area is 462 Å². The number of aromatic nitrogens is 6. The molecule has 4 aromatic rings. The van der Waals surface area contributed by atoms with Crippen molar-refractivity contribution in [3.8, 4) is 0 Å². The molecule has 21 heteroatoms. The fourth-order valence-electron chi connectivity index (χ4n) is 13.0. The maximum absolute atomic E-state index is 14.5. The molecular formula is C58H78N12O9. The van der Waals surface area contributed by atoms with E-state index in [2.05, 4.69) is 66.2 Å². The monoisotopic (exact) mass is 1090 g/mol. The van der Waals surface area contributed by atoms with Crippen molar-refractivity contribution in [2.75, 3.05) is 0 Å². The number of hydrogen-bond acceptors (Lipinski definition) is 13. The number of nitrogens with zero attached hydrogens (tertiary/aromatic N) is 8. The van der Waals surface area contributed by atoms with E-state index in [0.717, 1.165) is 49.7 Å². The predicted octanol–water partition coefficient (Wildman–Crippen LogP) is 6.93. The van der Waals surface area contributed by atoms with Gasteiger partial charge >= 0.3 is 12.2 Å². The molecule has 79 heavy (non-hydrogen) atoms. The Kier molecular flexibility index (Phi) is 16.4. The molecule has 4 saturated heterocycles. The van der Waals surface area contributed by atoms with Gasteiger partial charge in [0.05, 0.1) is 49.8 Å². The number of fused-ring (bicyclic) bond motifs is 4.